The minimum atomic E-state index is -7.18. The van der Waals surface area contributed by atoms with E-state index in [0.717, 1.165) is 0 Å². The van der Waals surface area contributed by atoms with Crippen molar-refractivity contribution in [3.05, 3.63) is 0 Å². The topological polar surface area (TPSA) is 38.0 Å². The molecule has 2 radical (unpaired) electrons. The molecule has 0 atom stereocenters. The van der Waals surface area contributed by atoms with Crippen LogP contribution in [0.25, 0.3) is 0 Å². The fraction of sp³-hybridized carbons (Fsp3) is 0. The molecule has 0 amide bonds. The fourth-order valence-corrected chi connectivity index (χ4v) is 0. The van der Waals surface area contributed by atoms with Crippen molar-refractivity contribution in [1.82, 2.24) is 5.23 Å². The average Bonchev–Trinajstić information content (AvgIpc) is 1.61. The summed E-state index contributed by atoms with van der Waals surface area (Å²) in [4.78, 5) is 0. The van der Waals surface area contributed by atoms with E-state index in [1.807, 2.05) is 5.23 Å². The Balaban J connectivity index is 0. The monoisotopic (exact) mass is 282 g/mol. The molecular weight excluding hydrogens is 278 g/mol. The first-order valence-corrected chi connectivity index (χ1v) is 6.51. The molecule has 0 aromatic heterocycles. The Morgan fingerprint density at radius 3 is 1.50 bits per heavy atom. The van der Waals surface area contributed by atoms with Crippen molar-refractivity contribution < 1.29 is 11.5 Å². The summed E-state index contributed by atoms with van der Waals surface area (Å²) in [6, 6.07) is 0. The van der Waals surface area contributed by atoms with Gasteiger partial charge in [0.05, 0.1) is 0 Å². The van der Waals surface area contributed by atoms with E-state index in [4.69, 9.17) is 5.73 Å². The first kappa shape index (κ1) is 12.9. The van der Waals surface area contributed by atoms with Crippen LogP contribution in [0.4, 0.5) is 11.5 Å². The first-order valence-electron chi connectivity index (χ1n) is 1.79. The SMILES string of the molecule is [B]NC(N)=S.[F][Sn]([F])([F])[F]. The maximum absolute atomic E-state index is 9.90. The van der Waals surface area contributed by atoms with Crippen LogP contribution in [-0.2, 0) is 0 Å². The second kappa shape index (κ2) is 6.01. The third-order valence-electron chi connectivity index (χ3n) is 0.142. The van der Waals surface area contributed by atoms with E-state index in [1.54, 1.807) is 0 Å². The van der Waals surface area contributed by atoms with Gasteiger partial charge in [-0.15, -0.1) is 0 Å². The van der Waals surface area contributed by atoms with E-state index in [1.165, 1.54) is 0 Å². The molecule has 0 aromatic carbocycles. The number of thiocarbonyl (C=S) groups is 1. The minimum absolute atomic E-state index is 0.116. The normalized spacial score (nSPS) is 9.20. The van der Waals surface area contributed by atoms with Crippen molar-refractivity contribution in [3.8, 4) is 0 Å². The van der Waals surface area contributed by atoms with E-state index in [2.05, 4.69) is 20.2 Å². The van der Waals surface area contributed by atoms with Gasteiger partial charge in [-0.25, -0.2) is 0 Å². The van der Waals surface area contributed by atoms with Crippen molar-refractivity contribution >= 4 is 46.0 Å². The fourth-order valence-electron chi connectivity index (χ4n) is 0. The maximum atomic E-state index is 9.90. The Morgan fingerprint density at radius 2 is 1.50 bits per heavy atom. The van der Waals surface area contributed by atoms with Crippen molar-refractivity contribution in [1.29, 1.82) is 0 Å². The molecule has 0 aliphatic heterocycles. The molecule has 0 aromatic rings. The zero-order chi connectivity index (χ0) is 8.78. The quantitative estimate of drug-likeness (QED) is 0.378. The van der Waals surface area contributed by atoms with Crippen LogP contribution in [0.5, 0.6) is 0 Å². The van der Waals surface area contributed by atoms with Gasteiger partial charge < -0.3 is 11.0 Å². The third kappa shape index (κ3) is 84.7. The van der Waals surface area contributed by atoms with Crippen LogP contribution in [-0.4, -0.2) is 33.8 Å². The van der Waals surface area contributed by atoms with E-state index in [-0.39, 0.29) is 5.11 Å². The van der Waals surface area contributed by atoms with Gasteiger partial charge in [-0.05, 0) is 12.2 Å². The molecule has 2 nitrogen and oxygen atoms in total. The summed E-state index contributed by atoms with van der Waals surface area (Å²) < 4.78 is 39.6. The molecule has 0 rings (SSSR count). The van der Waals surface area contributed by atoms with Crippen molar-refractivity contribution in [2.75, 3.05) is 0 Å². The Kier molecular flexibility index (Phi) is 7.76. The van der Waals surface area contributed by atoms with E-state index in [0.29, 0.717) is 0 Å². The van der Waals surface area contributed by atoms with Gasteiger partial charge in [-0.2, -0.15) is 0 Å². The van der Waals surface area contributed by atoms with Crippen LogP contribution in [0.1, 0.15) is 0 Å². The Bertz CT molecular complexity index is 99.9. The second-order valence-corrected chi connectivity index (χ2v) is 3.82. The molecule has 0 aliphatic carbocycles. The van der Waals surface area contributed by atoms with E-state index < -0.39 is 20.7 Å². The molecule has 0 unspecified atom stereocenters. The molecule has 0 spiro atoms. The predicted octanol–water partition coefficient (Wildman–Crippen LogP) is 0.203. The summed E-state index contributed by atoms with van der Waals surface area (Å²) in [5.41, 5.74) is 4.79. The summed E-state index contributed by atoms with van der Waals surface area (Å²) >= 11 is -2.94. The molecular formula is CH3BF4N2SSn. The van der Waals surface area contributed by atoms with Crippen molar-refractivity contribution in [3.63, 3.8) is 0 Å². The number of halogens is 4. The zero-order valence-electron chi connectivity index (χ0n) is 4.57. The van der Waals surface area contributed by atoms with Gasteiger partial charge >= 0.3 is 32.1 Å². The van der Waals surface area contributed by atoms with E-state index in [9.17, 15) is 11.5 Å². The molecule has 0 saturated heterocycles. The van der Waals surface area contributed by atoms with Gasteiger partial charge in [0.1, 0.15) is 0 Å². The van der Waals surface area contributed by atoms with Gasteiger partial charge in [0.2, 0.25) is 7.98 Å². The predicted molar refractivity (Wildman–Crippen MR) is 35.9 cm³/mol. The van der Waals surface area contributed by atoms with Crippen LogP contribution in [0.2, 0.25) is 0 Å². The average molecular weight is 281 g/mol. The van der Waals surface area contributed by atoms with Gasteiger partial charge in [0.15, 0.2) is 5.11 Å². The van der Waals surface area contributed by atoms with Crippen LogP contribution in [0.15, 0.2) is 0 Å². The molecule has 10 heavy (non-hydrogen) atoms. The van der Waals surface area contributed by atoms with Gasteiger partial charge in [0.25, 0.3) is 0 Å². The summed E-state index contributed by atoms with van der Waals surface area (Å²) in [5, 5.41) is 2.15. The van der Waals surface area contributed by atoms with Crippen LogP contribution < -0.4 is 11.0 Å². The molecule has 3 N–H and O–H groups in total. The van der Waals surface area contributed by atoms with Crippen LogP contribution in [0.3, 0.4) is 0 Å². The van der Waals surface area contributed by atoms with Gasteiger partial charge in [0, 0.05) is 0 Å². The van der Waals surface area contributed by atoms with Crippen LogP contribution >= 0.6 is 12.2 Å². The number of nitrogens with two attached hydrogens (primary N) is 1. The molecule has 58 valence electrons. The molecule has 0 fully saturated rings. The Hall–Kier alpha value is 0.274. The number of rotatable bonds is 0. The van der Waals surface area contributed by atoms with E-state index >= 15 is 0 Å². The number of hydrogen-bond acceptors (Lipinski definition) is 1. The van der Waals surface area contributed by atoms with Gasteiger partial charge in [-0.1, -0.05) is 0 Å². The van der Waals surface area contributed by atoms with Crippen LogP contribution in [0, 0.1) is 0 Å². The Morgan fingerprint density at radius 1 is 1.40 bits per heavy atom. The van der Waals surface area contributed by atoms with Crippen molar-refractivity contribution in [2.24, 2.45) is 5.73 Å². The summed E-state index contributed by atoms with van der Waals surface area (Å²) in [6.07, 6.45) is 0. The van der Waals surface area contributed by atoms with Gasteiger partial charge in [-0.3, -0.25) is 0 Å². The van der Waals surface area contributed by atoms with Crippen molar-refractivity contribution in [2.45, 2.75) is 0 Å². The zero-order valence-corrected chi connectivity index (χ0v) is 8.25. The molecule has 0 bridgehead atoms. The number of hydrogen-bond donors (Lipinski definition) is 2. The summed E-state index contributed by atoms with van der Waals surface area (Å²) in [6.45, 7) is 0. The third-order valence-corrected chi connectivity index (χ3v) is 0.260. The number of nitrogens with one attached hydrogen (secondary N) is 1. The molecule has 0 heterocycles. The first-order chi connectivity index (χ1) is 4.27. The molecule has 0 aliphatic rings. The molecule has 9 heteroatoms. The molecule has 0 saturated carbocycles. The standard InChI is InChI=1S/CH3BN2S.4FH.Sn/c2-4-1(3)5;;;;;/h(H3,3,4,5);4*1H;/q;;;;;+4/p-4. The summed E-state index contributed by atoms with van der Waals surface area (Å²) in [5.74, 6) is 0. The second-order valence-electron chi connectivity index (χ2n) is 0.937. The summed E-state index contributed by atoms with van der Waals surface area (Å²) in [7, 11) is 4.66. The Labute approximate surface area is 68.6 Å².